The molecule has 0 bridgehead atoms. The summed E-state index contributed by atoms with van der Waals surface area (Å²) < 4.78 is 19.5. The molecule has 2 heterocycles. The van der Waals surface area contributed by atoms with Gasteiger partial charge in [-0.25, -0.2) is 14.2 Å². The highest BCUT2D eigenvalue weighted by Crippen LogP contribution is 2.29. The van der Waals surface area contributed by atoms with Crippen LogP contribution in [0.25, 0.3) is 10.2 Å². The van der Waals surface area contributed by atoms with Gasteiger partial charge in [-0.3, -0.25) is 9.36 Å². The van der Waals surface area contributed by atoms with Gasteiger partial charge in [0.15, 0.2) is 0 Å². The van der Waals surface area contributed by atoms with E-state index in [-0.39, 0.29) is 23.9 Å². The fraction of sp³-hybridized carbons (Fsp3) is 0.588. The number of carbonyl (C=O) groups excluding carboxylic acids is 1. The molecule has 132 valence electrons. The molecule has 24 heavy (non-hydrogen) atoms. The van der Waals surface area contributed by atoms with E-state index in [1.165, 1.54) is 4.57 Å². The lowest BCUT2D eigenvalue weighted by Gasteiger charge is -2.13. The van der Waals surface area contributed by atoms with Crippen LogP contribution in [0, 0.1) is 12.8 Å². The fourth-order valence-corrected chi connectivity index (χ4v) is 3.55. The van der Waals surface area contributed by atoms with Crippen molar-refractivity contribution in [2.24, 2.45) is 5.92 Å². The van der Waals surface area contributed by atoms with Crippen molar-refractivity contribution in [2.45, 2.75) is 47.1 Å². The number of hydrogen-bond donors (Lipinski definition) is 0. The predicted molar refractivity (Wildman–Crippen MR) is 93.8 cm³/mol. The molecule has 0 unspecified atom stereocenters. The van der Waals surface area contributed by atoms with Crippen LogP contribution in [0.5, 0.6) is 0 Å². The third kappa shape index (κ3) is 3.50. The van der Waals surface area contributed by atoms with Gasteiger partial charge < -0.3 is 4.74 Å². The molecular weight excluding hydrogens is 331 g/mol. The average Bonchev–Trinajstić information content (AvgIpc) is 2.84. The third-order valence-corrected chi connectivity index (χ3v) is 4.80. The molecule has 0 N–H and O–H groups in total. The van der Waals surface area contributed by atoms with Gasteiger partial charge in [0.25, 0.3) is 5.56 Å². The number of thiophene rings is 1. The summed E-state index contributed by atoms with van der Waals surface area (Å²) in [4.78, 5) is 30.5. The number of nitrogens with zero attached hydrogens (tertiary/aromatic N) is 2. The normalized spacial score (nSPS) is 11.7. The van der Waals surface area contributed by atoms with Gasteiger partial charge in [-0.1, -0.05) is 27.7 Å². The van der Waals surface area contributed by atoms with Crippen molar-refractivity contribution < 1.29 is 13.9 Å². The number of esters is 1. The summed E-state index contributed by atoms with van der Waals surface area (Å²) in [6.07, 6.45) is 0. The minimum atomic E-state index is -0.640. The Labute approximate surface area is 144 Å². The molecular formula is C17H23FN2O3S. The van der Waals surface area contributed by atoms with Gasteiger partial charge in [-0.05, 0) is 18.4 Å². The van der Waals surface area contributed by atoms with E-state index in [1.807, 2.05) is 27.7 Å². The number of ether oxygens (including phenoxy) is 1. The van der Waals surface area contributed by atoms with E-state index >= 15 is 0 Å². The van der Waals surface area contributed by atoms with Gasteiger partial charge >= 0.3 is 5.97 Å². The smallest absolute Gasteiger partial charge is 0.348 e. The van der Waals surface area contributed by atoms with Gasteiger partial charge in [-0.15, -0.1) is 11.3 Å². The van der Waals surface area contributed by atoms with E-state index in [0.29, 0.717) is 33.1 Å². The van der Waals surface area contributed by atoms with Gasteiger partial charge in [0.2, 0.25) is 0 Å². The maximum Gasteiger partial charge on any atom is 0.348 e. The number of aromatic nitrogens is 2. The molecule has 7 heteroatoms. The first-order chi connectivity index (χ1) is 11.3. The Morgan fingerprint density at radius 1 is 1.33 bits per heavy atom. The maximum absolute atomic E-state index is 12.9. The van der Waals surface area contributed by atoms with E-state index in [1.54, 1.807) is 6.92 Å². The molecule has 2 aromatic rings. The van der Waals surface area contributed by atoms with Gasteiger partial charge in [0, 0.05) is 5.92 Å². The second-order valence-corrected chi connectivity index (χ2v) is 7.50. The Bertz CT molecular complexity index is 808. The Balaban J connectivity index is 2.60. The van der Waals surface area contributed by atoms with Gasteiger partial charge in [-0.2, -0.15) is 0 Å². The standard InChI is InChI=1S/C17H23FN2O3S/c1-9(2)8-23-17(22)13-11(5)12-15(24-13)19-14(10(3)4)20(7-6-18)16(12)21/h9-10H,6-8H2,1-5H3. The van der Waals surface area contributed by atoms with Crippen LogP contribution < -0.4 is 5.56 Å². The number of fused-ring (bicyclic) bond motifs is 1. The van der Waals surface area contributed by atoms with Crippen molar-refractivity contribution in [1.82, 2.24) is 9.55 Å². The summed E-state index contributed by atoms with van der Waals surface area (Å²) in [5.41, 5.74) is 0.266. The number of aryl methyl sites for hydroxylation is 1. The van der Waals surface area contributed by atoms with E-state index in [0.717, 1.165) is 11.3 Å². The molecule has 2 aromatic heterocycles. The van der Waals surface area contributed by atoms with Crippen LogP contribution in [-0.4, -0.2) is 28.8 Å². The zero-order valence-corrected chi connectivity index (χ0v) is 15.5. The van der Waals surface area contributed by atoms with E-state index in [9.17, 15) is 14.0 Å². The van der Waals surface area contributed by atoms with Crippen LogP contribution in [0.2, 0.25) is 0 Å². The second-order valence-electron chi connectivity index (χ2n) is 6.50. The van der Waals surface area contributed by atoms with E-state index in [4.69, 9.17) is 4.74 Å². The topological polar surface area (TPSA) is 61.2 Å². The molecule has 0 radical (unpaired) electrons. The molecule has 0 aliphatic heterocycles. The summed E-state index contributed by atoms with van der Waals surface area (Å²) in [5, 5.41) is 0.384. The monoisotopic (exact) mass is 354 g/mol. The Morgan fingerprint density at radius 3 is 2.54 bits per heavy atom. The largest absolute Gasteiger partial charge is 0.461 e. The molecule has 5 nitrogen and oxygen atoms in total. The highest BCUT2D eigenvalue weighted by Gasteiger charge is 2.23. The molecule has 0 aromatic carbocycles. The molecule has 0 amide bonds. The minimum Gasteiger partial charge on any atom is -0.461 e. The lowest BCUT2D eigenvalue weighted by Crippen LogP contribution is -2.26. The first-order valence-corrected chi connectivity index (χ1v) is 8.86. The fourth-order valence-electron chi connectivity index (χ4n) is 2.48. The zero-order valence-electron chi connectivity index (χ0n) is 14.7. The number of carbonyl (C=O) groups is 1. The summed E-state index contributed by atoms with van der Waals surface area (Å²) in [6.45, 7) is 9.08. The van der Waals surface area contributed by atoms with Gasteiger partial charge in [0.05, 0.1) is 18.5 Å². The Kier molecular flexibility index (Phi) is 5.74. The van der Waals surface area contributed by atoms with Crippen molar-refractivity contribution in [2.75, 3.05) is 13.3 Å². The molecule has 0 atom stereocenters. The molecule has 0 saturated heterocycles. The second kappa shape index (κ2) is 7.42. The summed E-state index contributed by atoms with van der Waals surface area (Å²) in [5.74, 6) is 0.309. The minimum absolute atomic E-state index is 0.0209. The molecule has 0 fully saturated rings. The van der Waals surface area contributed by atoms with Crippen molar-refractivity contribution in [3.05, 3.63) is 26.6 Å². The Morgan fingerprint density at radius 2 is 2.00 bits per heavy atom. The van der Waals surface area contributed by atoms with Crippen molar-refractivity contribution in [3.8, 4) is 0 Å². The summed E-state index contributed by atoms with van der Waals surface area (Å²) >= 11 is 1.16. The Hall–Kier alpha value is -1.76. The third-order valence-electron chi connectivity index (χ3n) is 3.64. The molecule has 0 aliphatic carbocycles. The lowest BCUT2D eigenvalue weighted by atomic mass is 10.1. The average molecular weight is 354 g/mol. The quantitative estimate of drug-likeness (QED) is 0.743. The number of rotatable bonds is 6. The number of alkyl halides is 1. The van der Waals surface area contributed by atoms with Crippen LogP contribution in [0.1, 0.15) is 54.7 Å². The highest BCUT2D eigenvalue weighted by molar-refractivity contribution is 7.20. The zero-order chi connectivity index (χ0) is 18.0. The van der Waals surface area contributed by atoms with Crippen LogP contribution in [0.3, 0.4) is 0 Å². The van der Waals surface area contributed by atoms with Crippen LogP contribution in [-0.2, 0) is 11.3 Å². The molecule has 0 spiro atoms. The van der Waals surface area contributed by atoms with E-state index in [2.05, 4.69) is 4.98 Å². The van der Waals surface area contributed by atoms with Crippen LogP contribution >= 0.6 is 11.3 Å². The SMILES string of the molecule is Cc1c(C(=O)OCC(C)C)sc2nc(C(C)C)n(CCF)c(=O)c12. The van der Waals surface area contributed by atoms with Crippen LogP contribution in [0.4, 0.5) is 4.39 Å². The number of hydrogen-bond acceptors (Lipinski definition) is 5. The van der Waals surface area contributed by atoms with Crippen LogP contribution in [0.15, 0.2) is 4.79 Å². The van der Waals surface area contributed by atoms with Crippen molar-refractivity contribution >= 4 is 27.5 Å². The number of halogens is 1. The molecule has 2 rings (SSSR count). The first-order valence-electron chi connectivity index (χ1n) is 8.04. The molecule has 0 saturated carbocycles. The summed E-state index contributed by atoms with van der Waals surface area (Å²) in [6, 6.07) is 0. The predicted octanol–water partition coefficient (Wildman–Crippen LogP) is 3.67. The first kappa shape index (κ1) is 18.6. The summed E-state index contributed by atoms with van der Waals surface area (Å²) in [7, 11) is 0. The maximum atomic E-state index is 12.9. The highest BCUT2D eigenvalue weighted by atomic mass is 32.1. The van der Waals surface area contributed by atoms with Crippen molar-refractivity contribution in [1.29, 1.82) is 0 Å². The molecule has 0 aliphatic rings. The van der Waals surface area contributed by atoms with Crippen molar-refractivity contribution in [3.63, 3.8) is 0 Å². The lowest BCUT2D eigenvalue weighted by molar-refractivity contribution is 0.0464. The van der Waals surface area contributed by atoms with Gasteiger partial charge in [0.1, 0.15) is 22.2 Å². The van der Waals surface area contributed by atoms with E-state index < -0.39 is 12.6 Å².